The lowest BCUT2D eigenvalue weighted by Crippen LogP contribution is -2.50. The summed E-state index contributed by atoms with van der Waals surface area (Å²) in [6.07, 6.45) is 0. The Labute approximate surface area is 164 Å². The van der Waals surface area contributed by atoms with Gasteiger partial charge in [0.05, 0.1) is 7.11 Å². The van der Waals surface area contributed by atoms with Crippen molar-refractivity contribution in [3.63, 3.8) is 0 Å². The highest BCUT2D eigenvalue weighted by Crippen LogP contribution is 2.32. The number of nitrogens with one attached hydrogen (secondary N) is 1. The van der Waals surface area contributed by atoms with Crippen LogP contribution in [0, 0.1) is 0 Å². The second kappa shape index (κ2) is 7.92. The zero-order valence-electron chi connectivity index (χ0n) is 15.3. The van der Waals surface area contributed by atoms with E-state index in [-0.39, 0.29) is 0 Å². The third-order valence-corrected chi connectivity index (χ3v) is 5.16. The van der Waals surface area contributed by atoms with E-state index in [4.69, 9.17) is 26.4 Å². The Balaban J connectivity index is 1.33. The van der Waals surface area contributed by atoms with Gasteiger partial charge in [-0.2, -0.15) is 0 Å². The van der Waals surface area contributed by atoms with Gasteiger partial charge in [0.2, 0.25) is 0 Å². The second-order valence-corrected chi connectivity index (χ2v) is 6.85. The summed E-state index contributed by atoms with van der Waals surface area (Å²) in [4.78, 5) is 4.56. The smallest absolute Gasteiger partial charge is 0.173 e. The number of hydrogen-bond donors (Lipinski definition) is 1. The lowest BCUT2D eigenvalue weighted by Gasteiger charge is -2.37. The minimum Gasteiger partial charge on any atom is -0.497 e. The molecule has 7 heteroatoms. The monoisotopic (exact) mass is 385 g/mol. The molecule has 0 unspecified atom stereocenters. The fourth-order valence-corrected chi connectivity index (χ4v) is 3.58. The van der Waals surface area contributed by atoms with Crippen LogP contribution in [-0.2, 0) is 0 Å². The second-order valence-electron chi connectivity index (χ2n) is 6.46. The summed E-state index contributed by atoms with van der Waals surface area (Å²) >= 11 is 5.61. The largest absolute Gasteiger partial charge is 0.497 e. The zero-order valence-corrected chi connectivity index (χ0v) is 16.1. The summed E-state index contributed by atoms with van der Waals surface area (Å²) in [7, 11) is 1.68. The maximum atomic E-state index is 5.63. The number of thiocarbonyl (C=S) groups is 1. The molecular weight excluding hydrogens is 362 g/mol. The Morgan fingerprint density at radius 2 is 1.67 bits per heavy atom. The fourth-order valence-electron chi connectivity index (χ4n) is 3.28. The van der Waals surface area contributed by atoms with Crippen molar-refractivity contribution in [1.82, 2.24) is 4.90 Å². The molecule has 0 saturated carbocycles. The van der Waals surface area contributed by atoms with Crippen LogP contribution < -0.4 is 24.4 Å². The maximum Gasteiger partial charge on any atom is 0.173 e. The molecule has 2 heterocycles. The van der Waals surface area contributed by atoms with Crippen LogP contribution in [0.15, 0.2) is 42.5 Å². The topological polar surface area (TPSA) is 46.2 Å². The van der Waals surface area contributed by atoms with E-state index in [0.29, 0.717) is 13.2 Å². The normalized spacial score (nSPS) is 16.0. The van der Waals surface area contributed by atoms with Crippen LogP contribution >= 0.6 is 12.2 Å². The standard InChI is InChI=1S/C20H23N3O3S/c1-24-17-5-3-16(4-6-17)22-8-10-23(11-9-22)20(27)21-15-2-7-18-19(14-15)26-13-12-25-18/h2-7,14H,8-13H2,1H3,(H,21,27). The van der Waals surface area contributed by atoms with Crippen LogP contribution in [0.1, 0.15) is 0 Å². The molecule has 0 aromatic heterocycles. The molecule has 0 spiro atoms. The van der Waals surface area contributed by atoms with E-state index in [2.05, 4.69) is 27.2 Å². The van der Waals surface area contributed by atoms with E-state index in [9.17, 15) is 0 Å². The van der Waals surface area contributed by atoms with E-state index in [1.807, 2.05) is 30.3 Å². The predicted molar refractivity (Wildman–Crippen MR) is 110 cm³/mol. The Morgan fingerprint density at radius 3 is 2.37 bits per heavy atom. The lowest BCUT2D eigenvalue weighted by atomic mass is 10.2. The minimum absolute atomic E-state index is 0.578. The van der Waals surface area contributed by atoms with Crippen molar-refractivity contribution in [3.8, 4) is 17.2 Å². The van der Waals surface area contributed by atoms with Crippen LogP contribution in [0.5, 0.6) is 17.2 Å². The van der Waals surface area contributed by atoms with Crippen LogP contribution in [0.25, 0.3) is 0 Å². The van der Waals surface area contributed by atoms with Gasteiger partial charge in [0, 0.05) is 43.6 Å². The Kier molecular flexibility index (Phi) is 5.20. The highest BCUT2D eigenvalue weighted by atomic mass is 32.1. The van der Waals surface area contributed by atoms with Crippen LogP contribution in [-0.4, -0.2) is 56.5 Å². The summed E-state index contributed by atoms with van der Waals surface area (Å²) in [5.41, 5.74) is 2.13. The lowest BCUT2D eigenvalue weighted by molar-refractivity contribution is 0.171. The molecule has 0 atom stereocenters. The van der Waals surface area contributed by atoms with Crippen LogP contribution in [0.2, 0.25) is 0 Å². The van der Waals surface area contributed by atoms with Gasteiger partial charge >= 0.3 is 0 Å². The third kappa shape index (κ3) is 4.03. The molecule has 2 aliphatic rings. The number of piperazine rings is 1. The van der Waals surface area contributed by atoms with Crippen LogP contribution in [0.4, 0.5) is 11.4 Å². The van der Waals surface area contributed by atoms with Gasteiger partial charge in [-0.05, 0) is 48.6 Å². The number of hydrogen-bond acceptors (Lipinski definition) is 5. The first-order valence-corrected chi connectivity index (χ1v) is 9.48. The summed E-state index contributed by atoms with van der Waals surface area (Å²) < 4.78 is 16.4. The van der Waals surface area contributed by atoms with Crippen molar-refractivity contribution >= 4 is 28.7 Å². The van der Waals surface area contributed by atoms with Gasteiger partial charge in [-0.3, -0.25) is 0 Å². The zero-order chi connectivity index (χ0) is 18.6. The molecule has 2 aromatic rings. The van der Waals surface area contributed by atoms with Crippen molar-refractivity contribution in [2.45, 2.75) is 0 Å². The number of fused-ring (bicyclic) bond motifs is 1. The van der Waals surface area contributed by atoms with E-state index in [1.165, 1.54) is 5.69 Å². The van der Waals surface area contributed by atoms with Crippen molar-refractivity contribution in [1.29, 1.82) is 0 Å². The molecule has 0 amide bonds. The van der Waals surface area contributed by atoms with Gasteiger partial charge in [0.1, 0.15) is 19.0 Å². The molecular formula is C20H23N3O3S. The first-order valence-electron chi connectivity index (χ1n) is 9.07. The summed E-state index contributed by atoms with van der Waals surface area (Å²) in [6, 6.07) is 14.0. The molecule has 6 nitrogen and oxygen atoms in total. The molecule has 1 N–H and O–H groups in total. The van der Waals surface area contributed by atoms with Crippen molar-refractivity contribution in [2.75, 3.05) is 56.7 Å². The average molecular weight is 385 g/mol. The molecule has 0 aliphatic carbocycles. The molecule has 1 saturated heterocycles. The third-order valence-electron chi connectivity index (χ3n) is 4.80. The number of anilines is 2. The van der Waals surface area contributed by atoms with E-state index < -0.39 is 0 Å². The quantitative estimate of drug-likeness (QED) is 0.815. The maximum absolute atomic E-state index is 5.63. The molecule has 2 aliphatic heterocycles. The van der Waals surface area contributed by atoms with Gasteiger partial charge in [0.15, 0.2) is 16.6 Å². The minimum atomic E-state index is 0.578. The molecule has 4 rings (SSSR count). The molecule has 0 bridgehead atoms. The molecule has 1 fully saturated rings. The fraction of sp³-hybridized carbons (Fsp3) is 0.350. The molecule has 142 valence electrons. The number of methoxy groups -OCH3 is 1. The van der Waals surface area contributed by atoms with Gasteiger partial charge in [0.25, 0.3) is 0 Å². The highest BCUT2D eigenvalue weighted by molar-refractivity contribution is 7.80. The summed E-state index contributed by atoms with van der Waals surface area (Å²) in [5.74, 6) is 2.42. The Bertz CT molecular complexity index is 805. The van der Waals surface area contributed by atoms with E-state index in [0.717, 1.165) is 54.2 Å². The number of ether oxygens (including phenoxy) is 3. The average Bonchev–Trinajstić information content (AvgIpc) is 2.74. The SMILES string of the molecule is COc1ccc(N2CCN(C(=S)Nc3ccc4c(c3)OCCO4)CC2)cc1. The number of rotatable bonds is 3. The van der Waals surface area contributed by atoms with Crippen molar-refractivity contribution in [2.24, 2.45) is 0 Å². The first kappa shape index (κ1) is 17.7. The Hall–Kier alpha value is -2.67. The van der Waals surface area contributed by atoms with Crippen molar-refractivity contribution in [3.05, 3.63) is 42.5 Å². The summed E-state index contributed by atoms with van der Waals surface area (Å²) in [6.45, 7) is 4.78. The molecule has 0 radical (unpaired) electrons. The molecule has 27 heavy (non-hydrogen) atoms. The predicted octanol–water partition coefficient (Wildman–Crippen LogP) is 2.99. The van der Waals surface area contributed by atoms with Gasteiger partial charge in [-0.15, -0.1) is 0 Å². The molecule has 2 aromatic carbocycles. The van der Waals surface area contributed by atoms with Gasteiger partial charge < -0.3 is 29.3 Å². The number of nitrogens with zero attached hydrogens (tertiary/aromatic N) is 2. The first-order chi connectivity index (χ1) is 13.2. The summed E-state index contributed by atoms with van der Waals surface area (Å²) in [5, 5.41) is 4.06. The van der Waals surface area contributed by atoms with Crippen LogP contribution in [0.3, 0.4) is 0 Å². The van der Waals surface area contributed by atoms with E-state index >= 15 is 0 Å². The van der Waals surface area contributed by atoms with Gasteiger partial charge in [-0.1, -0.05) is 0 Å². The highest BCUT2D eigenvalue weighted by Gasteiger charge is 2.20. The number of benzene rings is 2. The van der Waals surface area contributed by atoms with Gasteiger partial charge in [-0.25, -0.2) is 0 Å². The van der Waals surface area contributed by atoms with E-state index in [1.54, 1.807) is 7.11 Å². The van der Waals surface area contributed by atoms with Crippen molar-refractivity contribution < 1.29 is 14.2 Å². The Morgan fingerprint density at radius 1 is 0.963 bits per heavy atom.